The van der Waals surface area contributed by atoms with E-state index in [1.165, 1.54) is 40.1 Å². The third kappa shape index (κ3) is 4.25. The summed E-state index contributed by atoms with van der Waals surface area (Å²) < 4.78 is 32.4. The third-order valence-electron chi connectivity index (χ3n) is 5.76. The van der Waals surface area contributed by atoms with Gasteiger partial charge in [0.2, 0.25) is 10.0 Å². The number of hydrogen-bond donors (Lipinski definition) is 1. The van der Waals surface area contributed by atoms with E-state index in [9.17, 15) is 13.2 Å². The fourth-order valence-electron chi connectivity index (χ4n) is 3.99. The molecule has 1 heterocycles. The molecule has 0 radical (unpaired) electrons. The van der Waals surface area contributed by atoms with Crippen LogP contribution < -0.4 is 5.32 Å². The van der Waals surface area contributed by atoms with Crippen LogP contribution in [-0.2, 0) is 27.6 Å². The molecule has 1 amide bonds. The number of carbonyl (C=O) groups excluding carboxylic acids is 1. The summed E-state index contributed by atoms with van der Waals surface area (Å²) in [6, 6.07) is 10.3. The van der Waals surface area contributed by atoms with Gasteiger partial charge in [0.15, 0.2) is 0 Å². The van der Waals surface area contributed by atoms with Gasteiger partial charge in [0, 0.05) is 13.1 Å². The van der Waals surface area contributed by atoms with Crippen LogP contribution in [0.1, 0.15) is 46.4 Å². The van der Waals surface area contributed by atoms with Gasteiger partial charge in [-0.05, 0) is 61.1 Å². The maximum Gasteiger partial charge on any atom is 0.253 e. The lowest BCUT2D eigenvalue weighted by Gasteiger charge is -2.26. The number of aryl methyl sites for hydroxylation is 2. The van der Waals surface area contributed by atoms with Gasteiger partial charge < -0.3 is 10.1 Å². The van der Waals surface area contributed by atoms with Crippen molar-refractivity contribution in [3.8, 4) is 0 Å². The molecule has 0 saturated carbocycles. The van der Waals surface area contributed by atoms with Crippen LogP contribution in [0.15, 0.2) is 41.3 Å². The van der Waals surface area contributed by atoms with Crippen molar-refractivity contribution < 1.29 is 17.9 Å². The third-order valence-corrected chi connectivity index (χ3v) is 7.98. The summed E-state index contributed by atoms with van der Waals surface area (Å²) in [7, 11) is -3.71. The van der Waals surface area contributed by atoms with Crippen molar-refractivity contribution >= 4 is 27.5 Å². The number of ether oxygens (including phenoxy) is 1. The lowest BCUT2D eigenvalue weighted by Crippen LogP contribution is -2.40. The number of benzene rings is 2. The highest BCUT2D eigenvalue weighted by Gasteiger charge is 2.28. The van der Waals surface area contributed by atoms with E-state index in [2.05, 4.69) is 17.4 Å². The second-order valence-corrected chi connectivity index (χ2v) is 10.1. The van der Waals surface area contributed by atoms with E-state index in [4.69, 9.17) is 16.3 Å². The minimum absolute atomic E-state index is 0.0594. The molecule has 1 aliphatic heterocycles. The molecule has 0 aromatic heterocycles. The molecule has 0 bridgehead atoms. The maximum atomic E-state index is 12.9. The van der Waals surface area contributed by atoms with E-state index in [-0.39, 0.29) is 21.5 Å². The molecule has 30 heavy (non-hydrogen) atoms. The Morgan fingerprint density at radius 1 is 1.10 bits per heavy atom. The van der Waals surface area contributed by atoms with E-state index in [1.54, 1.807) is 0 Å². The lowest BCUT2D eigenvalue weighted by atomic mass is 10.0. The van der Waals surface area contributed by atoms with Crippen molar-refractivity contribution in [1.29, 1.82) is 0 Å². The number of morpholine rings is 1. The van der Waals surface area contributed by atoms with Crippen molar-refractivity contribution in [2.24, 2.45) is 0 Å². The first-order valence-corrected chi connectivity index (χ1v) is 12.0. The van der Waals surface area contributed by atoms with Gasteiger partial charge in [-0.25, -0.2) is 8.42 Å². The van der Waals surface area contributed by atoms with E-state index in [0.29, 0.717) is 26.3 Å². The fraction of sp³-hybridized carbons (Fsp3) is 0.409. The van der Waals surface area contributed by atoms with Crippen molar-refractivity contribution in [3.63, 3.8) is 0 Å². The Kier molecular flexibility index (Phi) is 6.16. The zero-order valence-electron chi connectivity index (χ0n) is 16.9. The molecule has 0 unspecified atom stereocenters. The van der Waals surface area contributed by atoms with E-state index < -0.39 is 15.9 Å². The van der Waals surface area contributed by atoms with Gasteiger partial charge in [-0.3, -0.25) is 4.79 Å². The van der Waals surface area contributed by atoms with Crippen molar-refractivity contribution in [3.05, 3.63) is 63.7 Å². The van der Waals surface area contributed by atoms with Crippen LogP contribution >= 0.6 is 11.6 Å². The summed E-state index contributed by atoms with van der Waals surface area (Å²) in [5.41, 5.74) is 3.89. The molecule has 1 saturated heterocycles. The van der Waals surface area contributed by atoms with Crippen molar-refractivity contribution in [1.82, 2.24) is 9.62 Å². The number of fused-ring (bicyclic) bond motifs is 1. The predicted octanol–water partition coefficient (Wildman–Crippen LogP) is 3.34. The van der Waals surface area contributed by atoms with E-state index >= 15 is 0 Å². The Labute approximate surface area is 182 Å². The Hall–Kier alpha value is -1.93. The number of nitrogens with zero attached hydrogens (tertiary/aromatic N) is 1. The lowest BCUT2D eigenvalue weighted by molar-refractivity contribution is 0.0730. The molecule has 1 N–H and O–H groups in total. The number of rotatable bonds is 5. The smallest absolute Gasteiger partial charge is 0.253 e. The highest BCUT2D eigenvalue weighted by molar-refractivity contribution is 7.89. The molecule has 2 aromatic carbocycles. The minimum atomic E-state index is -3.71. The standard InChI is InChI=1S/C22H25ClN2O4S/c1-15(17-6-5-16-3-2-4-18(16)13-17)24-22(26)20-14-19(7-8-21(20)23)30(27,28)25-9-11-29-12-10-25/h5-8,13-15H,2-4,9-12H2,1H3,(H,24,26)/t15-/m0/s1. The van der Waals surface area contributed by atoms with Crippen molar-refractivity contribution in [2.75, 3.05) is 26.3 Å². The van der Waals surface area contributed by atoms with Crippen LogP contribution in [0, 0.1) is 0 Å². The molecule has 6 nitrogen and oxygen atoms in total. The second kappa shape index (κ2) is 8.67. The second-order valence-electron chi connectivity index (χ2n) is 7.73. The van der Waals surface area contributed by atoms with Crippen LogP contribution in [0.5, 0.6) is 0 Å². The highest BCUT2D eigenvalue weighted by Crippen LogP contribution is 2.27. The van der Waals surface area contributed by atoms with Crippen LogP contribution in [0.4, 0.5) is 0 Å². The summed E-state index contributed by atoms with van der Waals surface area (Å²) >= 11 is 6.24. The minimum Gasteiger partial charge on any atom is -0.379 e. The summed E-state index contributed by atoms with van der Waals surface area (Å²) in [6.07, 6.45) is 3.34. The van der Waals surface area contributed by atoms with Gasteiger partial charge in [0.25, 0.3) is 5.91 Å². The molecular formula is C22H25ClN2O4S. The summed E-state index contributed by atoms with van der Waals surface area (Å²) in [4.78, 5) is 13.0. The fourth-order valence-corrected chi connectivity index (χ4v) is 5.63. The normalized spacial score (nSPS) is 18.1. The Morgan fingerprint density at radius 3 is 2.60 bits per heavy atom. The SMILES string of the molecule is C[C@H](NC(=O)c1cc(S(=O)(=O)N2CCOCC2)ccc1Cl)c1ccc2c(c1)CCC2. The largest absolute Gasteiger partial charge is 0.379 e. The first kappa shape index (κ1) is 21.3. The van der Waals surface area contributed by atoms with Crippen LogP contribution in [-0.4, -0.2) is 44.9 Å². The van der Waals surface area contributed by atoms with Gasteiger partial charge in [0.1, 0.15) is 0 Å². The van der Waals surface area contributed by atoms with Gasteiger partial charge in [-0.1, -0.05) is 29.8 Å². The predicted molar refractivity (Wildman–Crippen MR) is 115 cm³/mol. The number of carbonyl (C=O) groups is 1. The Bertz CT molecular complexity index is 1060. The molecule has 0 spiro atoms. The maximum absolute atomic E-state index is 12.9. The summed E-state index contributed by atoms with van der Waals surface area (Å²) in [5, 5.41) is 3.17. The molecule has 160 valence electrons. The van der Waals surface area contributed by atoms with Gasteiger partial charge in [0.05, 0.1) is 34.7 Å². The molecule has 1 atom stereocenters. The van der Waals surface area contributed by atoms with Crippen LogP contribution in [0.3, 0.4) is 0 Å². The summed E-state index contributed by atoms with van der Waals surface area (Å²) in [5.74, 6) is -0.396. The topological polar surface area (TPSA) is 75.7 Å². The monoisotopic (exact) mass is 448 g/mol. The van der Waals surface area contributed by atoms with Gasteiger partial charge >= 0.3 is 0 Å². The molecule has 2 aliphatic rings. The highest BCUT2D eigenvalue weighted by atomic mass is 35.5. The molecule has 1 aliphatic carbocycles. The number of amides is 1. The van der Waals surface area contributed by atoms with Crippen LogP contribution in [0.2, 0.25) is 5.02 Å². The van der Waals surface area contributed by atoms with E-state index in [0.717, 1.165) is 18.4 Å². The average molecular weight is 449 g/mol. The van der Waals surface area contributed by atoms with Crippen molar-refractivity contribution in [2.45, 2.75) is 37.1 Å². The molecular weight excluding hydrogens is 424 g/mol. The summed E-state index contributed by atoms with van der Waals surface area (Å²) in [6.45, 7) is 3.22. The molecule has 2 aromatic rings. The Balaban J connectivity index is 1.54. The van der Waals surface area contributed by atoms with Gasteiger partial charge in [-0.15, -0.1) is 0 Å². The van der Waals surface area contributed by atoms with E-state index in [1.807, 2.05) is 13.0 Å². The Morgan fingerprint density at radius 2 is 1.83 bits per heavy atom. The zero-order valence-corrected chi connectivity index (χ0v) is 18.4. The van der Waals surface area contributed by atoms with Crippen LogP contribution in [0.25, 0.3) is 0 Å². The number of nitrogens with one attached hydrogen (secondary N) is 1. The molecule has 1 fully saturated rings. The number of sulfonamides is 1. The zero-order chi connectivity index (χ0) is 21.3. The molecule has 8 heteroatoms. The first-order chi connectivity index (χ1) is 14.4. The van der Waals surface area contributed by atoms with Gasteiger partial charge in [-0.2, -0.15) is 4.31 Å². The average Bonchev–Trinajstić information content (AvgIpc) is 3.22. The number of halogens is 1. The quantitative estimate of drug-likeness (QED) is 0.761. The number of hydrogen-bond acceptors (Lipinski definition) is 4. The first-order valence-electron chi connectivity index (χ1n) is 10.2. The molecule has 4 rings (SSSR count).